The molecule has 0 aromatic rings. The number of carbonyl (C=O) groups excluding carboxylic acids is 2. The van der Waals surface area contributed by atoms with Crippen LogP contribution in [0.15, 0.2) is 0 Å². The van der Waals surface area contributed by atoms with Gasteiger partial charge in [0.2, 0.25) is 0 Å². The maximum atomic E-state index is 12.1. The van der Waals surface area contributed by atoms with E-state index in [4.69, 9.17) is 15.7 Å². The van der Waals surface area contributed by atoms with Crippen molar-refractivity contribution in [3.8, 4) is 6.07 Å². The van der Waals surface area contributed by atoms with Gasteiger partial charge in [-0.25, -0.2) is 4.79 Å². The number of hydrogen-bond donors (Lipinski definition) is 2. The highest BCUT2D eigenvalue weighted by molar-refractivity contribution is 6.07. The highest BCUT2D eigenvalue weighted by atomic mass is 16.6. The fourth-order valence-corrected chi connectivity index (χ4v) is 1.56. The van der Waals surface area contributed by atoms with E-state index in [1.165, 1.54) is 0 Å². The van der Waals surface area contributed by atoms with Crippen LogP contribution in [-0.4, -0.2) is 29.6 Å². The van der Waals surface area contributed by atoms with Crippen LogP contribution in [0.5, 0.6) is 0 Å². The van der Waals surface area contributed by atoms with Gasteiger partial charge in [-0.05, 0) is 33.1 Å². The van der Waals surface area contributed by atoms with Crippen molar-refractivity contribution in [1.82, 2.24) is 5.32 Å². The molecule has 108 valence electrons. The van der Waals surface area contributed by atoms with Crippen LogP contribution in [-0.2, 0) is 14.3 Å². The lowest BCUT2D eigenvalue weighted by Gasteiger charge is -2.31. The number of carbonyl (C=O) groups is 2. The highest BCUT2D eigenvalue weighted by Crippen LogP contribution is 2.20. The van der Waals surface area contributed by atoms with E-state index in [-0.39, 0.29) is 18.9 Å². The number of nitrogens with two attached hydrogens (primary N) is 1. The summed E-state index contributed by atoms with van der Waals surface area (Å²) >= 11 is 0. The molecule has 6 heteroatoms. The Morgan fingerprint density at radius 1 is 1.37 bits per heavy atom. The van der Waals surface area contributed by atoms with Crippen molar-refractivity contribution in [2.75, 3.05) is 6.54 Å². The van der Waals surface area contributed by atoms with E-state index in [0.717, 1.165) is 0 Å². The van der Waals surface area contributed by atoms with Crippen molar-refractivity contribution in [3.63, 3.8) is 0 Å². The molecule has 1 amide bonds. The lowest BCUT2D eigenvalue weighted by atomic mass is 9.88. The Kier molecular flexibility index (Phi) is 5.97. The molecule has 0 aliphatic carbocycles. The lowest BCUT2D eigenvalue weighted by molar-refractivity contribution is -0.165. The van der Waals surface area contributed by atoms with E-state index < -0.39 is 23.0 Å². The number of rotatable bonds is 5. The molecule has 0 heterocycles. The van der Waals surface area contributed by atoms with Gasteiger partial charge in [0.05, 0.1) is 6.07 Å². The van der Waals surface area contributed by atoms with Crippen LogP contribution in [0.3, 0.4) is 0 Å². The number of hydrogen-bond acceptors (Lipinski definition) is 5. The zero-order valence-electron chi connectivity index (χ0n) is 12.2. The normalized spacial score (nSPS) is 14.4. The summed E-state index contributed by atoms with van der Waals surface area (Å²) in [5.41, 5.74) is 3.44. The molecule has 3 N–H and O–H groups in total. The van der Waals surface area contributed by atoms with Crippen molar-refractivity contribution in [2.24, 2.45) is 11.7 Å². The SMILES string of the molecule is CC(C)C[C@](N)(C(=O)NCC#N)C(=O)OC(C)(C)C. The van der Waals surface area contributed by atoms with Gasteiger partial charge < -0.3 is 15.8 Å². The molecule has 0 aliphatic rings. The first-order chi connectivity index (χ1) is 8.53. The summed E-state index contributed by atoms with van der Waals surface area (Å²) in [6.07, 6.45) is 0.152. The Labute approximate surface area is 114 Å². The van der Waals surface area contributed by atoms with Crippen LogP contribution in [0.4, 0.5) is 0 Å². The van der Waals surface area contributed by atoms with Gasteiger partial charge in [-0.1, -0.05) is 13.8 Å². The smallest absolute Gasteiger partial charge is 0.336 e. The van der Waals surface area contributed by atoms with Gasteiger partial charge in [0.1, 0.15) is 12.1 Å². The molecule has 0 radical (unpaired) electrons. The third kappa shape index (κ3) is 5.71. The highest BCUT2D eigenvalue weighted by Gasteiger charge is 2.45. The lowest BCUT2D eigenvalue weighted by Crippen LogP contribution is -2.61. The molecule has 6 nitrogen and oxygen atoms in total. The molecule has 0 saturated heterocycles. The fourth-order valence-electron chi connectivity index (χ4n) is 1.56. The van der Waals surface area contributed by atoms with Gasteiger partial charge in [0.15, 0.2) is 5.54 Å². The molecule has 0 fully saturated rings. The molecule has 19 heavy (non-hydrogen) atoms. The first-order valence-corrected chi connectivity index (χ1v) is 6.20. The molecule has 0 rings (SSSR count). The summed E-state index contributed by atoms with van der Waals surface area (Å²) in [5, 5.41) is 10.8. The maximum absolute atomic E-state index is 12.1. The number of nitrogens with zero attached hydrogens (tertiary/aromatic N) is 1. The number of ether oxygens (including phenoxy) is 1. The van der Waals surface area contributed by atoms with Crippen LogP contribution in [0.25, 0.3) is 0 Å². The molecule has 0 spiro atoms. The quantitative estimate of drug-likeness (QED) is 0.434. The Balaban J connectivity index is 5.12. The van der Waals surface area contributed by atoms with Crippen molar-refractivity contribution in [3.05, 3.63) is 0 Å². The average molecular weight is 269 g/mol. The van der Waals surface area contributed by atoms with E-state index in [2.05, 4.69) is 5.32 Å². The summed E-state index contributed by atoms with van der Waals surface area (Å²) in [4.78, 5) is 24.1. The molecule has 0 bridgehead atoms. The van der Waals surface area contributed by atoms with E-state index in [1.54, 1.807) is 26.8 Å². The standard InChI is InChI=1S/C13H23N3O3/c1-9(2)8-13(15,10(17)16-7-6-14)11(18)19-12(3,4)5/h9H,7-8,15H2,1-5H3,(H,16,17)/t13-/m0/s1. The fraction of sp³-hybridized carbons (Fsp3) is 0.769. The molecule has 0 aromatic carbocycles. The number of amides is 1. The predicted octanol–water partition coefficient (Wildman–Crippen LogP) is 0.711. The van der Waals surface area contributed by atoms with Crippen molar-refractivity contribution in [2.45, 2.75) is 52.2 Å². The summed E-state index contributed by atoms with van der Waals surface area (Å²) in [6, 6.07) is 1.77. The predicted molar refractivity (Wildman–Crippen MR) is 70.8 cm³/mol. The molecule has 0 saturated carbocycles. The Hall–Kier alpha value is -1.61. The van der Waals surface area contributed by atoms with Crippen LogP contribution in [0, 0.1) is 17.2 Å². The van der Waals surface area contributed by atoms with E-state index >= 15 is 0 Å². The summed E-state index contributed by atoms with van der Waals surface area (Å²) in [7, 11) is 0. The maximum Gasteiger partial charge on any atom is 0.336 e. The van der Waals surface area contributed by atoms with Crippen molar-refractivity contribution in [1.29, 1.82) is 5.26 Å². The molecule has 0 unspecified atom stereocenters. The topological polar surface area (TPSA) is 105 Å². The van der Waals surface area contributed by atoms with Gasteiger partial charge in [0.25, 0.3) is 5.91 Å². The monoisotopic (exact) mass is 269 g/mol. The Morgan fingerprint density at radius 3 is 2.26 bits per heavy atom. The second-order valence-electron chi connectivity index (χ2n) is 5.91. The molecule has 1 atom stereocenters. The zero-order chi connectivity index (χ0) is 15.3. The van der Waals surface area contributed by atoms with Crippen molar-refractivity contribution < 1.29 is 14.3 Å². The van der Waals surface area contributed by atoms with E-state index in [9.17, 15) is 9.59 Å². The van der Waals surface area contributed by atoms with Gasteiger partial charge in [-0.15, -0.1) is 0 Å². The minimum Gasteiger partial charge on any atom is -0.458 e. The van der Waals surface area contributed by atoms with Gasteiger partial charge in [-0.3, -0.25) is 4.79 Å². The average Bonchev–Trinajstić information content (AvgIpc) is 2.22. The minimum atomic E-state index is -1.77. The van der Waals surface area contributed by atoms with Crippen LogP contribution in [0.2, 0.25) is 0 Å². The first-order valence-electron chi connectivity index (χ1n) is 6.20. The second-order valence-corrected chi connectivity index (χ2v) is 5.91. The van der Waals surface area contributed by atoms with E-state index in [0.29, 0.717) is 0 Å². The largest absolute Gasteiger partial charge is 0.458 e. The van der Waals surface area contributed by atoms with Crippen LogP contribution in [0.1, 0.15) is 41.0 Å². The number of nitrogens with one attached hydrogen (secondary N) is 1. The Morgan fingerprint density at radius 2 is 1.89 bits per heavy atom. The molecular weight excluding hydrogens is 246 g/mol. The number of nitriles is 1. The first kappa shape index (κ1) is 17.4. The van der Waals surface area contributed by atoms with Crippen LogP contribution < -0.4 is 11.1 Å². The van der Waals surface area contributed by atoms with Gasteiger partial charge in [0, 0.05) is 0 Å². The number of esters is 1. The molecular formula is C13H23N3O3. The van der Waals surface area contributed by atoms with Gasteiger partial charge in [-0.2, -0.15) is 5.26 Å². The molecule has 0 aliphatic heterocycles. The summed E-state index contributed by atoms with van der Waals surface area (Å²) in [5.74, 6) is -1.42. The van der Waals surface area contributed by atoms with Crippen molar-refractivity contribution >= 4 is 11.9 Å². The summed E-state index contributed by atoms with van der Waals surface area (Å²) < 4.78 is 5.20. The Bertz CT molecular complexity index is 380. The second kappa shape index (κ2) is 6.53. The third-order valence-electron chi connectivity index (χ3n) is 2.23. The van der Waals surface area contributed by atoms with Crippen LogP contribution >= 0.6 is 0 Å². The third-order valence-corrected chi connectivity index (χ3v) is 2.23. The minimum absolute atomic E-state index is 0.0327. The van der Waals surface area contributed by atoms with E-state index in [1.807, 2.05) is 13.8 Å². The zero-order valence-corrected chi connectivity index (χ0v) is 12.2. The molecule has 0 aromatic heterocycles. The van der Waals surface area contributed by atoms with Gasteiger partial charge >= 0.3 is 5.97 Å². The summed E-state index contributed by atoms with van der Waals surface area (Å²) in [6.45, 7) is 8.61.